The van der Waals surface area contributed by atoms with E-state index in [-0.39, 0.29) is 4.90 Å². The lowest BCUT2D eigenvalue weighted by atomic mass is 10.1. The third-order valence-corrected chi connectivity index (χ3v) is 5.93. The third kappa shape index (κ3) is 4.12. The third-order valence-electron chi connectivity index (χ3n) is 4.44. The van der Waals surface area contributed by atoms with E-state index in [0.717, 1.165) is 10.9 Å². The number of hydrogen-bond donors (Lipinski definition) is 4. The Balaban J connectivity index is 1.65. The van der Waals surface area contributed by atoms with Crippen molar-refractivity contribution >= 4 is 33.1 Å². The van der Waals surface area contributed by atoms with E-state index < -0.39 is 10.8 Å². The first-order valence-electron chi connectivity index (χ1n) is 8.99. The first-order chi connectivity index (χ1) is 14.0. The molecule has 0 aliphatic carbocycles. The monoisotopic (exact) mass is 407 g/mol. The normalized spacial score (nSPS) is 11.9. The van der Waals surface area contributed by atoms with Crippen LogP contribution in [0.5, 0.6) is 5.75 Å². The summed E-state index contributed by atoms with van der Waals surface area (Å²) in [6.07, 6.45) is 1.65. The van der Waals surface area contributed by atoms with Gasteiger partial charge in [-0.2, -0.15) is 0 Å². The van der Waals surface area contributed by atoms with Gasteiger partial charge in [0.15, 0.2) is 0 Å². The van der Waals surface area contributed by atoms with Crippen molar-refractivity contribution in [1.29, 1.82) is 0 Å². The molecule has 0 bridgehead atoms. The lowest BCUT2D eigenvalue weighted by Gasteiger charge is -2.34. The van der Waals surface area contributed by atoms with Crippen LogP contribution in [0.4, 0.5) is 11.4 Å². The maximum Gasteiger partial charge on any atom is 0.129 e. The van der Waals surface area contributed by atoms with E-state index in [4.69, 9.17) is 10.5 Å². The van der Waals surface area contributed by atoms with Crippen LogP contribution in [0.1, 0.15) is 5.56 Å². The second-order valence-electron chi connectivity index (χ2n) is 6.47. The summed E-state index contributed by atoms with van der Waals surface area (Å²) < 4.78 is 30.2. The summed E-state index contributed by atoms with van der Waals surface area (Å²) in [5, 5.41) is 0.768. The summed E-state index contributed by atoms with van der Waals surface area (Å²) in [7, 11) is -3.36. The number of fused-ring (bicyclic) bond motifs is 1. The minimum absolute atomic E-state index is 0.244. The molecule has 0 aliphatic rings. The van der Waals surface area contributed by atoms with E-state index in [9.17, 15) is 9.11 Å². The molecular formula is C22H21N3O3S. The number of pyridine rings is 1. The number of anilines is 2. The number of para-hydroxylation sites is 1. The molecule has 1 heterocycles. The van der Waals surface area contributed by atoms with E-state index in [0.29, 0.717) is 29.2 Å². The predicted molar refractivity (Wildman–Crippen MR) is 118 cm³/mol. The maximum absolute atomic E-state index is 10.7. The van der Waals surface area contributed by atoms with E-state index >= 15 is 0 Å². The van der Waals surface area contributed by atoms with Gasteiger partial charge in [0.05, 0.1) is 16.9 Å². The van der Waals surface area contributed by atoms with Crippen LogP contribution in [0, 0.1) is 0 Å². The topological polar surface area (TPSA) is 101 Å². The van der Waals surface area contributed by atoms with Gasteiger partial charge in [0.1, 0.15) is 17.3 Å². The molecule has 0 amide bonds. The molecule has 0 unspecified atom stereocenters. The van der Waals surface area contributed by atoms with Gasteiger partial charge in [-0.1, -0.05) is 53.2 Å². The fourth-order valence-electron chi connectivity index (χ4n) is 3.04. The van der Waals surface area contributed by atoms with E-state index in [1.165, 1.54) is 0 Å². The Hall–Kier alpha value is -3.26. The Kier molecular flexibility index (Phi) is 5.26. The average Bonchev–Trinajstić information content (AvgIpc) is 2.74. The quantitative estimate of drug-likeness (QED) is 0.313. The average molecular weight is 407 g/mol. The fourth-order valence-corrected chi connectivity index (χ4v) is 4.28. The molecule has 0 radical (unpaired) electrons. The van der Waals surface area contributed by atoms with Crippen LogP contribution in [0.25, 0.3) is 10.9 Å². The number of nitrogens with two attached hydrogens (primary N) is 1. The molecular weight excluding hydrogens is 386 g/mol. The minimum atomic E-state index is -3.36. The van der Waals surface area contributed by atoms with Crippen molar-refractivity contribution in [3.05, 3.63) is 90.6 Å². The molecule has 5 N–H and O–H groups in total. The molecule has 7 heteroatoms. The molecule has 0 aliphatic heterocycles. The molecule has 0 spiro atoms. The van der Waals surface area contributed by atoms with Gasteiger partial charge in [-0.05, 0) is 42.0 Å². The van der Waals surface area contributed by atoms with Crippen molar-refractivity contribution in [2.75, 3.05) is 10.5 Å². The molecule has 29 heavy (non-hydrogen) atoms. The Bertz CT molecular complexity index is 1140. The van der Waals surface area contributed by atoms with Crippen molar-refractivity contribution in [2.24, 2.45) is 0 Å². The van der Waals surface area contributed by atoms with Crippen molar-refractivity contribution in [3.8, 4) is 5.75 Å². The van der Waals surface area contributed by atoms with Crippen LogP contribution >= 0.6 is 10.8 Å². The summed E-state index contributed by atoms with van der Waals surface area (Å²) in [6, 6.07) is 23.8. The van der Waals surface area contributed by atoms with Crippen molar-refractivity contribution in [1.82, 2.24) is 4.98 Å². The first kappa shape index (κ1) is 19.1. The Morgan fingerprint density at radius 3 is 2.45 bits per heavy atom. The lowest BCUT2D eigenvalue weighted by Crippen LogP contribution is -2.12. The van der Waals surface area contributed by atoms with Gasteiger partial charge in [-0.25, -0.2) is 0 Å². The summed E-state index contributed by atoms with van der Waals surface area (Å²) in [5.41, 5.74) is 8.34. The van der Waals surface area contributed by atoms with Crippen LogP contribution in [0.3, 0.4) is 0 Å². The molecule has 1 aromatic heterocycles. The smallest absolute Gasteiger partial charge is 0.129 e. The molecule has 0 fully saturated rings. The number of aromatic nitrogens is 1. The molecule has 0 saturated heterocycles. The Morgan fingerprint density at radius 1 is 0.897 bits per heavy atom. The lowest BCUT2D eigenvalue weighted by molar-refractivity contribution is 0.310. The SMILES string of the molecule is Nc1ccccc1S(O)(O)Nc1ccc(OCc2ccccc2)c2cccnc12. The van der Waals surface area contributed by atoms with Crippen molar-refractivity contribution < 1.29 is 13.8 Å². The summed E-state index contributed by atoms with van der Waals surface area (Å²) in [6.45, 7) is 0.424. The van der Waals surface area contributed by atoms with E-state index in [2.05, 4.69) is 9.71 Å². The van der Waals surface area contributed by atoms with Gasteiger partial charge in [-0.15, -0.1) is 0 Å². The van der Waals surface area contributed by atoms with Gasteiger partial charge in [0, 0.05) is 11.6 Å². The van der Waals surface area contributed by atoms with Gasteiger partial charge >= 0.3 is 0 Å². The second kappa shape index (κ2) is 8.00. The van der Waals surface area contributed by atoms with Crippen LogP contribution in [0.15, 0.2) is 90.0 Å². The van der Waals surface area contributed by atoms with E-state index in [1.807, 2.05) is 42.5 Å². The Labute approximate surface area is 170 Å². The van der Waals surface area contributed by atoms with Gasteiger partial charge in [0.25, 0.3) is 0 Å². The highest BCUT2D eigenvalue weighted by molar-refractivity contribution is 8.25. The number of rotatable bonds is 6. The summed E-state index contributed by atoms with van der Waals surface area (Å²) >= 11 is 0. The van der Waals surface area contributed by atoms with Crippen LogP contribution in [-0.4, -0.2) is 14.1 Å². The number of nitrogens with one attached hydrogen (secondary N) is 1. The molecule has 0 saturated carbocycles. The number of nitrogen functional groups attached to an aromatic ring is 1. The molecule has 6 nitrogen and oxygen atoms in total. The van der Waals surface area contributed by atoms with Crippen LogP contribution < -0.4 is 15.2 Å². The fraction of sp³-hybridized carbons (Fsp3) is 0.0455. The van der Waals surface area contributed by atoms with Gasteiger partial charge in [0.2, 0.25) is 0 Å². The Morgan fingerprint density at radius 2 is 1.66 bits per heavy atom. The first-order valence-corrected chi connectivity index (χ1v) is 10.5. The highest BCUT2D eigenvalue weighted by Gasteiger charge is 2.20. The van der Waals surface area contributed by atoms with Crippen molar-refractivity contribution in [2.45, 2.75) is 11.5 Å². The molecule has 0 atom stereocenters. The maximum atomic E-state index is 10.7. The predicted octanol–water partition coefficient (Wildman–Crippen LogP) is 5.53. The minimum Gasteiger partial charge on any atom is -0.488 e. The number of ether oxygens (including phenoxy) is 1. The van der Waals surface area contributed by atoms with Crippen molar-refractivity contribution in [3.63, 3.8) is 0 Å². The van der Waals surface area contributed by atoms with Crippen LogP contribution in [-0.2, 0) is 6.61 Å². The summed E-state index contributed by atoms with van der Waals surface area (Å²) in [4.78, 5) is 4.66. The summed E-state index contributed by atoms with van der Waals surface area (Å²) in [5.74, 6) is 0.665. The number of benzene rings is 3. The van der Waals surface area contributed by atoms with Gasteiger partial charge < -0.3 is 10.5 Å². The zero-order valence-electron chi connectivity index (χ0n) is 15.5. The molecule has 4 rings (SSSR count). The highest BCUT2D eigenvalue weighted by atomic mass is 32.3. The van der Waals surface area contributed by atoms with Gasteiger partial charge in [-0.3, -0.25) is 18.8 Å². The standard InChI is InChI=1S/C22H21N3O3S/c23-18-10-4-5-11-21(18)29(26,27)25-19-12-13-20(17-9-6-14-24-22(17)19)28-15-16-7-2-1-3-8-16/h1-14,25-27H,15,23H2. The zero-order chi connectivity index (χ0) is 20.3. The second-order valence-corrected chi connectivity index (χ2v) is 8.22. The molecule has 148 valence electrons. The molecule has 3 aromatic carbocycles. The number of nitrogens with zero attached hydrogens (tertiary/aromatic N) is 1. The zero-order valence-corrected chi connectivity index (χ0v) is 16.3. The highest BCUT2D eigenvalue weighted by Crippen LogP contribution is 2.51. The van der Waals surface area contributed by atoms with Crippen LogP contribution in [0.2, 0.25) is 0 Å². The van der Waals surface area contributed by atoms with E-state index in [1.54, 1.807) is 42.6 Å². The largest absolute Gasteiger partial charge is 0.488 e. The molecule has 4 aromatic rings. The number of hydrogen-bond acceptors (Lipinski definition) is 6.